The van der Waals surface area contributed by atoms with Crippen LogP contribution in [0.25, 0.3) is 0 Å². The lowest BCUT2D eigenvalue weighted by Gasteiger charge is -2.30. The van der Waals surface area contributed by atoms with Gasteiger partial charge in [-0.1, -0.05) is 24.3 Å². The molecule has 3 heterocycles. The Morgan fingerprint density at radius 1 is 1.33 bits per heavy atom. The summed E-state index contributed by atoms with van der Waals surface area (Å²) in [5, 5.41) is 12.6. The fourth-order valence-electron chi connectivity index (χ4n) is 4.34. The number of aliphatic imine (C=N–C) groups is 2. The molecule has 10 nitrogen and oxygen atoms in total. The molecule has 0 saturated carbocycles. The number of nitrogens with one attached hydrogen (secondary N) is 2. The number of aromatic nitrogens is 2. The van der Waals surface area contributed by atoms with E-state index in [0.717, 1.165) is 10.5 Å². The van der Waals surface area contributed by atoms with Gasteiger partial charge in [-0.2, -0.15) is 0 Å². The summed E-state index contributed by atoms with van der Waals surface area (Å²) in [4.78, 5) is 41.9. The number of aliphatic carboxylic acids is 1. The van der Waals surface area contributed by atoms with Gasteiger partial charge in [-0.15, -0.1) is 0 Å². The van der Waals surface area contributed by atoms with Crippen molar-refractivity contribution in [3.05, 3.63) is 64.9 Å². The third-order valence-corrected chi connectivity index (χ3v) is 5.89. The molecule has 0 unspecified atom stereocenters. The minimum atomic E-state index is -3.17. The Morgan fingerprint density at radius 2 is 2.08 bits per heavy atom. The predicted octanol–water partition coefficient (Wildman–Crippen LogP) is 2.16. The first-order valence-corrected chi connectivity index (χ1v) is 11.3. The molecule has 2 aliphatic heterocycles. The van der Waals surface area contributed by atoms with E-state index >= 15 is 0 Å². The fourth-order valence-corrected chi connectivity index (χ4v) is 4.34. The topological polar surface area (TPSA) is 132 Å². The third-order valence-electron chi connectivity index (χ3n) is 5.89. The van der Waals surface area contributed by atoms with Crippen molar-refractivity contribution in [2.75, 3.05) is 26.7 Å². The number of imidazole rings is 1. The number of alkyl halides is 2. The van der Waals surface area contributed by atoms with Gasteiger partial charge in [0.2, 0.25) is 0 Å². The number of likely N-dealkylation sites (tertiary alicyclic amines) is 1. The van der Waals surface area contributed by atoms with Crippen LogP contribution in [0.15, 0.2) is 57.9 Å². The maximum absolute atomic E-state index is 14.2. The van der Waals surface area contributed by atoms with E-state index in [-0.39, 0.29) is 30.3 Å². The van der Waals surface area contributed by atoms with E-state index in [1.807, 2.05) is 12.1 Å². The number of esters is 1. The summed E-state index contributed by atoms with van der Waals surface area (Å²) in [6, 6.07) is 4.95. The van der Waals surface area contributed by atoms with Crippen molar-refractivity contribution >= 4 is 24.0 Å². The van der Waals surface area contributed by atoms with Crippen LogP contribution in [0, 0.1) is 0 Å². The minimum Gasteiger partial charge on any atom is -0.480 e. The van der Waals surface area contributed by atoms with Crippen LogP contribution in [0.3, 0.4) is 0 Å². The molecule has 2 aromatic rings. The molecule has 0 amide bonds. The summed E-state index contributed by atoms with van der Waals surface area (Å²) in [7, 11) is 1.65. The zero-order valence-electron chi connectivity index (χ0n) is 19.7. The molecular weight excluding hydrogens is 474 g/mol. The van der Waals surface area contributed by atoms with Crippen LogP contribution < -0.4 is 5.32 Å². The summed E-state index contributed by atoms with van der Waals surface area (Å²) < 4.78 is 33.7. The van der Waals surface area contributed by atoms with Crippen LogP contribution >= 0.6 is 0 Å². The van der Waals surface area contributed by atoms with Gasteiger partial charge in [-0.05, 0) is 18.1 Å². The van der Waals surface area contributed by atoms with Crippen molar-refractivity contribution in [2.24, 2.45) is 9.98 Å². The number of nitrogens with zero attached hydrogens (tertiary/aromatic N) is 4. The van der Waals surface area contributed by atoms with Crippen molar-refractivity contribution in [3.8, 4) is 0 Å². The van der Waals surface area contributed by atoms with Crippen LogP contribution in [-0.4, -0.2) is 82.7 Å². The molecule has 2 aliphatic rings. The van der Waals surface area contributed by atoms with Crippen molar-refractivity contribution in [1.29, 1.82) is 0 Å². The van der Waals surface area contributed by atoms with Crippen molar-refractivity contribution in [1.82, 2.24) is 20.2 Å². The number of rotatable bonds is 8. The van der Waals surface area contributed by atoms with Crippen molar-refractivity contribution < 1.29 is 28.2 Å². The SMILES string of the molecule is CCOC(=O)C1=C(CN2CC(F)(F)C[C@H]2C(=O)O)NC(c2ncc[nH]2)=N[C@H]1c1ccc(C=NC)cc1. The number of hydrogen-bond donors (Lipinski definition) is 3. The molecule has 0 bridgehead atoms. The van der Waals surface area contributed by atoms with Crippen molar-refractivity contribution in [3.63, 3.8) is 0 Å². The van der Waals surface area contributed by atoms with Crippen LogP contribution in [0.2, 0.25) is 0 Å². The van der Waals surface area contributed by atoms with Gasteiger partial charge in [0.05, 0.1) is 18.7 Å². The maximum Gasteiger partial charge on any atom is 0.338 e. The Kier molecular flexibility index (Phi) is 7.25. The monoisotopic (exact) mass is 500 g/mol. The molecule has 2 atom stereocenters. The van der Waals surface area contributed by atoms with E-state index in [0.29, 0.717) is 11.4 Å². The van der Waals surface area contributed by atoms with E-state index in [4.69, 9.17) is 9.73 Å². The van der Waals surface area contributed by atoms with Gasteiger partial charge in [0.15, 0.2) is 11.7 Å². The van der Waals surface area contributed by atoms with Crippen LogP contribution in [0.1, 0.15) is 36.3 Å². The van der Waals surface area contributed by atoms with Gasteiger partial charge in [-0.3, -0.25) is 19.7 Å². The second-order valence-electron chi connectivity index (χ2n) is 8.43. The molecule has 1 aromatic carbocycles. The summed E-state index contributed by atoms with van der Waals surface area (Å²) in [6.45, 7) is 0.732. The molecule has 3 N–H and O–H groups in total. The largest absolute Gasteiger partial charge is 0.480 e. The molecule has 1 saturated heterocycles. The van der Waals surface area contributed by atoms with E-state index in [1.54, 1.807) is 38.5 Å². The number of H-pyrrole nitrogens is 1. The number of carbonyl (C=O) groups is 2. The Morgan fingerprint density at radius 3 is 2.69 bits per heavy atom. The lowest BCUT2D eigenvalue weighted by molar-refractivity contribution is -0.142. The highest BCUT2D eigenvalue weighted by atomic mass is 19.3. The van der Waals surface area contributed by atoms with Crippen LogP contribution in [-0.2, 0) is 14.3 Å². The third kappa shape index (κ3) is 5.33. The number of halogens is 2. The normalized spacial score (nSPS) is 21.9. The number of aromatic amines is 1. The molecule has 4 rings (SSSR count). The second-order valence-corrected chi connectivity index (χ2v) is 8.43. The lowest BCUT2D eigenvalue weighted by Crippen LogP contribution is -2.43. The van der Waals surface area contributed by atoms with Crippen LogP contribution in [0.4, 0.5) is 8.78 Å². The van der Waals surface area contributed by atoms with Gasteiger partial charge in [0.1, 0.15) is 12.1 Å². The Hall–Kier alpha value is -3.93. The van der Waals surface area contributed by atoms with Gasteiger partial charge in [0, 0.05) is 44.3 Å². The number of carboxylic acids is 1. The summed E-state index contributed by atoms with van der Waals surface area (Å²) >= 11 is 0. The number of benzene rings is 1. The molecule has 1 aromatic heterocycles. The predicted molar refractivity (Wildman–Crippen MR) is 127 cm³/mol. The Labute approximate surface area is 205 Å². The van der Waals surface area contributed by atoms with E-state index < -0.39 is 42.9 Å². The molecule has 0 aliphatic carbocycles. The summed E-state index contributed by atoms with van der Waals surface area (Å²) in [6.07, 6.45) is 3.99. The molecule has 12 heteroatoms. The molecular formula is C24H26F2N6O4. The summed E-state index contributed by atoms with van der Waals surface area (Å²) in [5.41, 5.74) is 1.83. The fraction of sp³-hybridized carbons (Fsp3) is 0.375. The van der Waals surface area contributed by atoms with E-state index in [2.05, 4.69) is 20.3 Å². The number of ether oxygens (including phenoxy) is 1. The van der Waals surface area contributed by atoms with Crippen molar-refractivity contribution in [2.45, 2.75) is 31.4 Å². The number of carbonyl (C=O) groups excluding carboxylic acids is 1. The number of amidine groups is 1. The summed E-state index contributed by atoms with van der Waals surface area (Å²) in [5.74, 6) is -4.55. The first-order chi connectivity index (χ1) is 17.2. The number of hydrogen-bond acceptors (Lipinski definition) is 8. The first-order valence-electron chi connectivity index (χ1n) is 11.3. The first kappa shape index (κ1) is 25.2. The average Bonchev–Trinajstić information content (AvgIpc) is 3.47. The highest BCUT2D eigenvalue weighted by Gasteiger charge is 2.49. The molecule has 0 radical (unpaired) electrons. The van der Waals surface area contributed by atoms with E-state index in [9.17, 15) is 23.5 Å². The Bertz CT molecular complexity index is 1210. The van der Waals surface area contributed by atoms with Gasteiger partial charge in [0.25, 0.3) is 5.92 Å². The maximum atomic E-state index is 14.2. The van der Waals surface area contributed by atoms with Crippen LogP contribution in [0.5, 0.6) is 0 Å². The zero-order valence-corrected chi connectivity index (χ0v) is 19.7. The Balaban J connectivity index is 1.81. The number of carboxylic acid groups (broad SMARTS) is 1. The molecule has 0 spiro atoms. The smallest absolute Gasteiger partial charge is 0.338 e. The average molecular weight is 501 g/mol. The van der Waals surface area contributed by atoms with Gasteiger partial charge < -0.3 is 20.1 Å². The van der Waals surface area contributed by atoms with Gasteiger partial charge >= 0.3 is 11.9 Å². The minimum absolute atomic E-state index is 0.0858. The van der Waals surface area contributed by atoms with Gasteiger partial charge in [-0.25, -0.2) is 18.6 Å². The lowest BCUT2D eigenvalue weighted by atomic mass is 9.94. The second kappa shape index (κ2) is 10.4. The highest BCUT2D eigenvalue weighted by Crippen LogP contribution is 2.36. The zero-order chi connectivity index (χ0) is 25.9. The molecule has 1 fully saturated rings. The highest BCUT2D eigenvalue weighted by molar-refractivity contribution is 6.01. The quantitative estimate of drug-likeness (QED) is 0.374. The molecule has 36 heavy (non-hydrogen) atoms. The molecule has 190 valence electrons. The standard InChI is InChI=1S/C24H26F2N6O4/c1-3-36-23(35)18-16(12-32-13-24(25,26)10-17(32)22(33)34)30-21(20-28-8-9-29-20)31-19(18)15-6-4-14(5-7-15)11-27-2/h4-9,11,17,19H,3,10,12-13H2,1-2H3,(H,28,29)(H,30,31)(H,33,34)/t17-,19-/m0/s1. The van der Waals surface area contributed by atoms with E-state index in [1.165, 1.54) is 6.20 Å².